The molecule has 0 heterocycles. The number of unbranched alkanes of at least 4 members (excludes halogenated alkanes) is 4. The largest absolute Gasteiger partial charge is 0.396 e. The molecule has 0 aromatic rings. The van der Waals surface area contributed by atoms with E-state index in [0.717, 1.165) is 6.42 Å². The standard InChI is InChI=1S/C6H14O.C4H9.Al.2H/c1-2-3-4-5-6-7;1-3-4-2;;;/h7H,2-6H2,1H3;1,3-4H2,2H3;;;. The van der Waals surface area contributed by atoms with Gasteiger partial charge < -0.3 is 5.11 Å². The molecule has 1 nitrogen and oxygen atoms in total. The lowest BCUT2D eigenvalue weighted by Crippen LogP contribution is -1.80. The Hall–Kier alpha value is 0.492. The number of aliphatic hydroxyl groups excluding tert-OH is 1. The van der Waals surface area contributed by atoms with Crippen LogP contribution in [-0.2, 0) is 0 Å². The van der Waals surface area contributed by atoms with Crippen molar-refractivity contribution in [3.8, 4) is 0 Å². The molecule has 74 valence electrons. The minimum absolute atomic E-state index is 0.361. The zero-order valence-electron chi connectivity index (χ0n) is 9.10. The Labute approximate surface area is 86.0 Å². The van der Waals surface area contributed by atoms with Crippen LogP contribution in [0.2, 0.25) is 5.28 Å². The molecule has 0 aliphatic carbocycles. The highest BCUT2D eigenvalue weighted by Crippen LogP contribution is 1.96. The second kappa shape index (κ2) is 17.5. The Morgan fingerprint density at radius 2 is 1.50 bits per heavy atom. The predicted octanol–water partition coefficient (Wildman–Crippen LogP) is 2.40. The summed E-state index contributed by atoms with van der Waals surface area (Å²) in [6.45, 7) is 4.76. The van der Waals surface area contributed by atoms with Gasteiger partial charge >= 0.3 is 0 Å². The summed E-state index contributed by atoms with van der Waals surface area (Å²) < 4.78 is 0. The van der Waals surface area contributed by atoms with Gasteiger partial charge in [0.1, 0.15) is 0 Å². The third kappa shape index (κ3) is 22.4. The van der Waals surface area contributed by atoms with Crippen LogP contribution in [0.25, 0.3) is 0 Å². The molecule has 0 amide bonds. The smallest absolute Gasteiger partial charge is 0.211 e. The molecule has 0 aromatic carbocycles. The molecule has 0 spiro atoms. The summed E-state index contributed by atoms with van der Waals surface area (Å²) in [7, 11) is 0. The van der Waals surface area contributed by atoms with Gasteiger partial charge in [0, 0.05) is 6.61 Å². The highest BCUT2D eigenvalue weighted by Gasteiger charge is 1.80. The summed E-state index contributed by atoms with van der Waals surface area (Å²) in [6, 6.07) is 0. The molecule has 0 atom stereocenters. The highest BCUT2D eigenvalue weighted by molar-refractivity contribution is 6.08. The van der Waals surface area contributed by atoms with Gasteiger partial charge in [0.05, 0.1) is 0 Å². The van der Waals surface area contributed by atoms with Crippen LogP contribution in [0.15, 0.2) is 0 Å². The second-order valence-corrected chi connectivity index (χ2v) is 4.14. The zero-order valence-corrected chi connectivity index (χ0v) is 11.1. The molecular formula is C10H25AlO. The first-order chi connectivity index (χ1) is 5.83. The fourth-order valence-electron chi connectivity index (χ4n) is 0.892. The van der Waals surface area contributed by atoms with Crippen LogP contribution in [-0.4, -0.2) is 28.0 Å². The molecule has 0 unspecified atom stereocenters. The Balaban J connectivity index is 0. The van der Waals surface area contributed by atoms with Gasteiger partial charge in [-0.25, -0.2) is 0 Å². The van der Waals surface area contributed by atoms with Gasteiger partial charge in [-0.15, -0.1) is 5.28 Å². The van der Waals surface area contributed by atoms with Crippen LogP contribution in [0.4, 0.5) is 0 Å². The molecule has 0 bridgehead atoms. The Bertz CT molecular complexity index is 51.8. The lowest BCUT2D eigenvalue weighted by atomic mass is 10.2. The molecule has 0 aliphatic rings. The second-order valence-electron chi connectivity index (χ2n) is 3.14. The molecule has 1 N–H and O–H groups in total. The maximum absolute atomic E-state index is 8.29. The van der Waals surface area contributed by atoms with Crippen molar-refractivity contribution in [3.63, 3.8) is 0 Å². The van der Waals surface area contributed by atoms with Crippen molar-refractivity contribution in [1.82, 2.24) is 0 Å². The SMILES string of the molecule is CCCCCCO.CCC[CH2][AlH2]. The Morgan fingerprint density at radius 1 is 0.917 bits per heavy atom. The summed E-state index contributed by atoms with van der Waals surface area (Å²) in [5.41, 5.74) is 0. The average molecular weight is 188 g/mol. The normalized spacial score (nSPS) is 8.92. The van der Waals surface area contributed by atoms with Crippen LogP contribution in [0.3, 0.4) is 0 Å². The van der Waals surface area contributed by atoms with Crippen LogP contribution in [0, 0.1) is 0 Å². The molecule has 12 heavy (non-hydrogen) atoms. The van der Waals surface area contributed by atoms with E-state index in [2.05, 4.69) is 13.8 Å². The van der Waals surface area contributed by atoms with Gasteiger partial charge in [-0.3, -0.25) is 0 Å². The van der Waals surface area contributed by atoms with E-state index in [1.165, 1.54) is 53.7 Å². The minimum atomic E-state index is 0.361. The van der Waals surface area contributed by atoms with E-state index in [9.17, 15) is 0 Å². The summed E-state index contributed by atoms with van der Waals surface area (Å²) in [6.07, 6.45) is 7.51. The van der Waals surface area contributed by atoms with E-state index in [4.69, 9.17) is 5.11 Å². The van der Waals surface area contributed by atoms with Gasteiger partial charge in [0.2, 0.25) is 16.3 Å². The van der Waals surface area contributed by atoms with Crippen LogP contribution >= 0.6 is 0 Å². The third-order valence-electron chi connectivity index (χ3n) is 1.72. The summed E-state index contributed by atoms with van der Waals surface area (Å²) in [5.74, 6) is 0. The number of hydrogen-bond acceptors (Lipinski definition) is 1. The molecule has 2 heteroatoms. The summed E-state index contributed by atoms with van der Waals surface area (Å²) >= 11 is 1.40. The number of aliphatic hydroxyl groups is 1. The van der Waals surface area contributed by atoms with E-state index in [1.807, 2.05) is 0 Å². The van der Waals surface area contributed by atoms with Crippen molar-refractivity contribution in [2.24, 2.45) is 0 Å². The molecule has 0 aliphatic heterocycles. The van der Waals surface area contributed by atoms with Gasteiger partial charge in [-0.05, 0) is 6.42 Å². The van der Waals surface area contributed by atoms with Crippen LogP contribution in [0.1, 0.15) is 52.4 Å². The quantitative estimate of drug-likeness (QED) is 0.501. The van der Waals surface area contributed by atoms with Crippen molar-refractivity contribution in [2.45, 2.75) is 57.7 Å². The van der Waals surface area contributed by atoms with Gasteiger partial charge in [-0.1, -0.05) is 46.0 Å². The zero-order chi connectivity index (χ0) is 9.66. The van der Waals surface area contributed by atoms with Crippen molar-refractivity contribution in [1.29, 1.82) is 0 Å². The first-order valence-electron chi connectivity index (χ1n) is 5.44. The van der Waals surface area contributed by atoms with Gasteiger partial charge in [0.25, 0.3) is 0 Å². The fraction of sp³-hybridized carbons (Fsp3) is 1.00. The topological polar surface area (TPSA) is 20.2 Å². The Morgan fingerprint density at radius 3 is 1.75 bits per heavy atom. The summed E-state index contributed by atoms with van der Waals surface area (Å²) in [5, 5.41) is 9.78. The lowest BCUT2D eigenvalue weighted by Gasteiger charge is -1.90. The fourth-order valence-corrected chi connectivity index (χ4v) is 1.60. The van der Waals surface area contributed by atoms with E-state index in [-0.39, 0.29) is 0 Å². The number of hydrogen-bond donors (Lipinski definition) is 1. The van der Waals surface area contributed by atoms with E-state index in [0.29, 0.717) is 6.61 Å². The first kappa shape index (κ1) is 15.0. The first-order valence-corrected chi connectivity index (χ1v) is 6.85. The maximum atomic E-state index is 8.29. The highest BCUT2D eigenvalue weighted by atomic mass is 27.0. The summed E-state index contributed by atoms with van der Waals surface area (Å²) in [4.78, 5) is 0. The predicted molar refractivity (Wildman–Crippen MR) is 59.5 cm³/mol. The lowest BCUT2D eigenvalue weighted by molar-refractivity contribution is 0.283. The van der Waals surface area contributed by atoms with Gasteiger partial charge in [0.15, 0.2) is 0 Å². The minimum Gasteiger partial charge on any atom is -0.396 e. The van der Waals surface area contributed by atoms with Gasteiger partial charge in [-0.2, -0.15) is 0 Å². The molecule has 0 aromatic heterocycles. The molecular weight excluding hydrogens is 163 g/mol. The monoisotopic (exact) mass is 188 g/mol. The molecule has 0 saturated carbocycles. The van der Waals surface area contributed by atoms with E-state index in [1.54, 1.807) is 0 Å². The van der Waals surface area contributed by atoms with Crippen molar-refractivity contribution in [2.75, 3.05) is 6.61 Å². The van der Waals surface area contributed by atoms with Crippen LogP contribution in [0.5, 0.6) is 0 Å². The van der Waals surface area contributed by atoms with E-state index < -0.39 is 0 Å². The van der Waals surface area contributed by atoms with E-state index >= 15 is 0 Å². The van der Waals surface area contributed by atoms with Crippen LogP contribution < -0.4 is 0 Å². The average Bonchev–Trinajstić information content (AvgIpc) is 2.08. The Kier molecular flexibility index (Phi) is 21.9. The third-order valence-corrected chi connectivity index (χ3v) is 2.43. The molecule has 0 radical (unpaired) electrons. The molecule has 0 rings (SSSR count). The van der Waals surface area contributed by atoms with Crippen molar-refractivity contribution < 1.29 is 5.11 Å². The molecule has 0 fully saturated rings. The van der Waals surface area contributed by atoms with Crippen molar-refractivity contribution in [3.05, 3.63) is 0 Å². The maximum Gasteiger partial charge on any atom is 0.211 e. The molecule has 0 saturated heterocycles. The number of rotatable bonds is 6. The van der Waals surface area contributed by atoms with Crippen molar-refractivity contribution >= 4 is 16.3 Å².